The second-order valence-corrected chi connectivity index (χ2v) is 5.11. The maximum Gasteiger partial charge on any atom is 0.177 e. The second kappa shape index (κ2) is 6.00. The zero-order valence-electron chi connectivity index (χ0n) is 12.0. The number of para-hydroxylation sites is 2. The number of ether oxygens (including phenoxy) is 2. The quantitative estimate of drug-likeness (QED) is 0.782. The maximum absolute atomic E-state index is 12.8. The van der Waals surface area contributed by atoms with E-state index < -0.39 is 0 Å². The van der Waals surface area contributed by atoms with Crippen molar-refractivity contribution < 1.29 is 14.3 Å². The van der Waals surface area contributed by atoms with Gasteiger partial charge in [-0.15, -0.1) is 0 Å². The molecule has 3 rings (SSSR count). The molecule has 0 radical (unpaired) electrons. The fourth-order valence-corrected chi connectivity index (χ4v) is 2.58. The summed E-state index contributed by atoms with van der Waals surface area (Å²) in [4.78, 5) is 12.8. The van der Waals surface area contributed by atoms with Crippen LogP contribution in [0.4, 0.5) is 0 Å². The first kappa shape index (κ1) is 13.7. The molecule has 1 heterocycles. The number of carbonyl (C=O) groups excluding carboxylic acids is 1. The summed E-state index contributed by atoms with van der Waals surface area (Å²) in [5, 5.41) is 0. The van der Waals surface area contributed by atoms with Gasteiger partial charge in [0, 0.05) is 5.56 Å². The van der Waals surface area contributed by atoms with Crippen molar-refractivity contribution in [3.05, 3.63) is 59.7 Å². The minimum absolute atomic E-state index is 0.0617. The largest absolute Gasteiger partial charge is 0.493 e. The normalized spacial score (nSPS) is 16.1. The average molecular weight is 282 g/mol. The monoisotopic (exact) mass is 282 g/mol. The number of benzene rings is 2. The molecule has 0 spiro atoms. The first-order valence-electron chi connectivity index (χ1n) is 7.29. The molecule has 21 heavy (non-hydrogen) atoms. The van der Waals surface area contributed by atoms with Crippen molar-refractivity contribution in [2.75, 3.05) is 13.2 Å². The van der Waals surface area contributed by atoms with Gasteiger partial charge in [0.1, 0.15) is 18.1 Å². The van der Waals surface area contributed by atoms with Crippen LogP contribution in [0.1, 0.15) is 35.2 Å². The third kappa shape index (κ3) is 2.64. The Balaban J connectivity index is 1.90. The predicted molar refractivity (Wildman–Crippen MR) is 81.2 cm³/mol. The molecule has 1 atom stereocenters. The van der Waals surface area contributed by atoms with E-state index >= 15 is 0 Å². The molecule has 1 unspecified atom stereocenters. The summed E-state index contributed by atoms with van der Waals surface area (Å²) in [5.74, 6) is 1.29. The summed E-state index contributed by atoms with van der Waals surface area (Å²) in [5.41, 5.74) is 1.60. The van der Waals surface area contributed by atoms with Crippen molar-refractivity contribution in [2.24, 2.45) is 0 Å². The van der Waals surface area contributed by atoms with Crippen LogP contribution in [0.2, 0.25) is 0 Å². The number of ketones is 1. The molecule has 3 heteroatoms. The minimum atomic E-state index is -0.243. The van der Waals surface area contributed by atoms with Crippen LogP contribution in [0, 0.1) is 0 Å². The lowest BCUT2D eigenvalue weighted by Crippen LogP contribution is -2.15. The molecule has 0 aliphatic carbocycles. The van der Waals surface area contributed by atoms with Crippen molar-refractivity contribution in [1.82, 2.24) is 0 Å². The third-order valence-electron chi connectivity index (χ3n) is 3.63. The lowest BCUT2D eigenvalue weighted by Gasteiger charge is -2.13. The van der Waals surface area contributed by atoms with Crippen LogP contribution in [-0.4, -0.2) is 19.0 Å². The van der Waals surface area contributed by atoms with E-state index in [0.717, 1.165) is 17.7 Å². The van der Waals surface area contributed by atoms with Gasteiger partial charge in [-0.1, -0.05) is 37.3 Å². The second-order valence-electron chi connectivity index (χ2n) is 5.11. The Labute approximate surface area is 124 Å². The Morgan fingerprint density at radius 2 is 1.95 bits per heavy atom. The summed E-state index contributed by atoms with van der Waals surface area (Å²) < 4.78 is 11.3. The third-order valence-corrected chi connectivity index (χ3v) is 3.63. The van der Waals surface area contributed by atoms with Gasteiger partial charge in [-0.25, -0.2) is 0 Å². The van der Waals surface area contributed by atoms with Gasteiger partial charge in [0.15, 0.2) is 5.78 Å². The topological polar surface area (TPSA) is 35.5 Å². The molecule has 1 aliphatic heterocycles. The number of fused-ring (bicyclic) bond motifs is 1. The van der Waals surface area contributed by atoms with E-state index in [2.05, 4.69) is 0 Å². The predicted octanol–water partition coefficient (Wildman–Crippen LogP) is 3.83. The first-order valence-corrected chi connectivity index (χ1v) is 7.29. The Kier molecular flexibility index (Phi) is 3.91. The van der Waals surface area contributed by atoms with Crippen molar-refractivity contribution >= 4 is 5.78 Å². The van der Waals surface area contributed by atoms with Crippen LogP contribution in [0.5, 0.6) is 11.5 Å². The lowest BCUT2D eigenvalue weighted by molar-refractivity contribution is 0.0943. The van der Waals surface area contributed by atoms with Crippen LogP contribution in [0.25, 0.3) is 0 Å². The molecule has 108 valence electrons. The Morgan fingerprint density at radius 3 is 2.81 bits per heavy atom. The Bertz CT molecular complexity index is 648. The smallest absolute Gasteiger partial charge is 0.177 e. The van der Waals surface area contributed by atoms with Gasteiger partial charge < -0.3 is 9.47 Å². The first-order chi connectivity index (χ1) is 10.3. The minimum Gasteiger partial charge on any atom is -0.493 e. The van der Waals surface area contributed by atoms with Gasteiger partial charge in [-0.2, -0.15) is 0 Å². The van der Waals surface area contributed by atoms with E-state index in [4.69, 9.17) is 9.47 Å². The van der Waals surface area contributed by atoms with E-state index in [9.17, 15) is 4.79 Å². The molecule has 0 N–H and O–H groups in total. The van der Waals surface area contributed by atoms with Crippen molar-refractivity contribution in [3.8, 4) is 11.5 Å². The highest BCUT2D eigenvalue weighted by Gasteiger charge is 2.31. The average Bonchev–Trinajstić information content (AvgIpc) is 2.96. The van der Waals surface area contributed by atoms with E-state index in [0.29, 0.717) is 24.5 Å². The summed E-state index contributed by atoms with van der Waals surface area (Å²) in [6, 6.07) is 15.2. The Hall–Kier alpha value is -2.29. The molecular weight excluding hydrogens is 264 g/mol. The van der Waals surface area contributed by atoms with E-state index in [1.54, 1.807) is 0 Å². The van der Waals surface area contributed by atoms with Gasteiger partial charge in [-0.05, 0) is 24.6 Å². The zero-order valence-corrected chi connectivity index (χ0v) is 12.0. The summed E-state index contributed by atoms with van der Waals surface area (Å²) in [7, 11) is 0. The van der Waals surface area contributed by atoms with E-state index in [-0.39, 0.29) is 11.7 Å². The van der Waals surface area contributed by atoms with Crippen molar-refractivity contribution in [1.29, 1.82) is 0 Å². The number of hydrogen-bond donors (Lipinski definition) is 0. The molecule has 3 nitrogen and oxygen atoms in total. The highest BCUT2D eigenvalue weighted by Crippen LogP contribution is 2.37. The number of carbonyl (C=O) groups is 1. The summed E-state index contributed by atoms with van der Waals surface area (Å²) in [6.45, 7) is 3.06. The van der Waals surface area contributed by atoms with Gasteiger partial charge in [0.2, 0.25) is 0 Å². The lowest BCUT2D eigenvalue weighted by atomic mass is 9.92. The van der Waals surface area contributed by atoms with Crippen LogP contribution in [-0.2, 0) is 0 Å². The molecule has 0 saturated heterocycles. The highest BCUT2D eigenvalue weighted by atomic mass is 16.5. The zero-order chi connectivity index (χ0) is 14.7. The molecule has 0 bridgehead atoms. The fourth-order valence-electron chi connectivity index (χ4n) is 2.58. The molecule has 1 aliphatic rings. The van der Waals surface area contributed by atoms with Gasteiger partial charge >= 0.3 is 0 Å². The molecule has 2 aromatic rings. The molecule has 2 aromatic carbocycles. The SMILES string of the molecule is CCCOc1ccccc1C(=O)C1COc2ccccc21. The standard InChI is InChI=1S/C18H18O3/c1-2-11-20-17-10-6-4-8-14(17)18(19)15-12-21-16-9-5-3-7-13(15)16/h3-10,15H,2,11-12H2,1H3. The fraction of sp³-hybridized carbons (Fsp3) is 0.278. The summed E-state index contributed by atoms with van der Waals surface area (Å²) >= 11 is 0. The van der Waals surface area contributed by atoms with Gasteiger partial charge in [0.25, 0.3) is 0 Å². The van der Waals surface area contributed by atoms with E-state index in [1.165, 1.54) is 0 Å². The molecule has 0 fully saturated rings. The number of rotatable bonds is 5. The van der Waals surface area contributed by atoms with E-state index in [1.807, 2.05) is 55.5 Å². The molecule has 0 amide bonds. The Morgan fingerprint density at radius 1 is 1.19 bits per heavy atom. The molecule has 0 saturated carbocycles. The van der Waals surface area contributed by atoms with Crippen LogP contribution >= 0.6 is 0 Å². The molecule has 0 aromatic heterocycles. The van der Waals surface area contributed by atoms with Crippen LogP contribution < -0.4 is 9.47 Å². The number of hydrogen-bond acceptors (Lipinski definition) is 3. The van der Waals surface area contributed by atoms with Crippen molar-refractivity contribution in [3.63, 3.8) is 0 Å². The van der Waals surface area contributed by atoms with Crippen LogP contribution in [0.15, 0.2) is 48.5 Å². The van der Waals surface area contributed by atoms with Gasteiger partial charge in [-0.3, -0.25) is 4.79 Å². The maximum atomic E-state index is 12.8. The summed E-state index contributed by atoms with van der Waals surface area (Å²) in [6.07, 6.45) is 0.915. The molecular formula is C18H18O3. The van der Waals surface area contributed by atoms with Crippen molar-refractivity contribution in [2.45, 2.75) is 19.3 Å². The number of Topliss-reactive ketones (excluding diaryl/α,β-unsaturated/α-hetero) is 1. The van der Waals surface area contributed by atoms with Crippen LogP contribution in [0.3, 0.4) is 0 Å². The highest BCUT2D eigenvalue weighted by molar-refractivity contribution is 6.04. The van der Waals surface area contributed by atoms with Gasteiger partial charge in [0.05, 0.1) is 18.1 Å².